The van der Waals surface area contributed by atoms with Crippen molar-refractivity contribution in [3.8, 4) is 0 Å². The zero-order valence-electron chi connectivity index (χ0n) is 4.97. The van der Waals surface area contributed by atoms with Gasteiger partial charge in [0.15, 0.2) is 0 Å². The van der Waals surface area contributed by atoms with Crippen molar-refractivity contribution in [3.63, 3.8) is 0 Å². The first-order valence-electron chi connectivity index (χ1n) is 3.07. The van der Waals surface area contributed by atoms with Crippen LogP contribution in [0.25, 0.3) is 0 Å². The molecule has 0 unspecified atom stereocenters. The maximum atomic E-state index is 10.8. The molecular weight excluding hydrogens is 104 g/mol. The molecule has 3 heteroatoms. The van der Waals surface area contributed by atoms with Crippen LogP contribution in [0.2, 0.25) is 0 Å². The lowest BCUT2D eigenvalue weighted by Crippen LogP contribution is -2.52. The van der Waals surface area contributed by atoms with Crippen molar-refractivity contribution in [2.24, 2.45) is 5.84 Å². The van der Waals surface area contributed by atoms with Crippen LogP contribution < -0.4 is 5.84 Å². The second-order valence-corrected chi connectivity index (χ2v) is 2.46. The summed E-state index contributed by atoms with van der Waals surface area (Å²) >= 11 is 0. The van der Waals surface area contributed by atoms with Crippen molar-refractivity contribution in [1.29, 1.82) is 0 Å². The lowest BCUT2D eigenvalue weighted by atomic mass is 10.2. The normalized spacial score (nSPS) is 27.8. The molecule has 0 aromatic heterocycles. The van der Waals surface area contributed by atoms with E-state index in [-0.39, 0.29) is 0 Å². The molecule has 0 aromatic carbocycles. The molecule has 1 fully saturated rings. The third kappa shape index (κ3) is 1.43. The summed E-state index contributed by atoms with van der Waals surface area (Å²) in [6.07, 6.45) is 3.18. The number of piperidine rings is 1. The summed E-state index contributed by atoms with van der Waals surface area (Å²) in [6.45, 7) is 1.22. The van der Waals surface area contributed by atoms with Gasteiger partial charge in [-0.1, -0.05) is 0 Å². The van der Waals surface area contributed by atoms with Crippen molar-refractivity contribution < 1.29 is 4.76 Å². The molecule has 0 aromatic rings. The highest BCUT2D eigenvalue weighted by atomic mass is 16.6. The summed E-state index contributed by atoms with van der Waals surface area (Å²) in [5.41, 5.74) is 0. The quantitative estimate of drug-likeness (QED) is 0.282. The fourth-order valence-corrected chi connectivity index (χ4v) is 1.05. The average molecular weight is 116 g/mol. The maximum absolute atomic E-state index is 10.8. The molecular formula is C5H12N2O. The van der Waals surface area contributed by atoms with E-state index in [1.54, 1.807) is 0 Å². The Bertz CT molecular complexity index is 74.5. The Morgan fingerprint density at radius 3 is 1.88 bits per heavy atom. The molecule has 0 radical (unpaired) electrons. The van der Waals surface area contributed by atoms with Crippen molar-refractivity contribution in [3.05, 3.63) is 5.21 Å². The van der Waals surface area contributed by atoms with E-state index in [1.165, 1.54) is 6.42 Å². The Kier molecular flexibility index (Phi) is 1.51. The van der Waals surface area contributed by atoms with Gasteiger partial charge in [-0.2, -0.15) is 5.84 Å². The molecule has 1 aliphatic heterocycles. The van der Waals surface area contributed by atoms with Gasteiger partial charge in [-0.05, 0) is 19.3 Å². The topological polar surface area (TPSA) is 49.1 Å². The van der Waals surface area contributed by atoms with Crippen LogP contribution >= 0.6 is 0 Å². The Labute approximate surface area is 49.2 Å². The molecule has 1 saturated heterocycles. The minimum absolute atomic E-state index is 0.500. The highest BCUT2D eigenvalue weighted by Gasteiger charge is 2.14. The number of hydroxylamine groups is 2. The van der Waals surface area contributed by atoms with Crippen LogP contribution in [-0.2, 0) is 0 Å². The monoisotopic (exact) mass is 116 g/mol. The molecule has 1 aliphatic rings. The third-order valence-electron chi connectivity index (χ3n) is 1.57. The van der Waals surface area contributed by atoms with Crippen LogP contribution in [0, 0.1) is 5.21 Å². The smallest absolute Gasteiger partial charge is 0.0958 e. The lowest BCUT2D eigenvalue weighted by Gasteiger charge is -2.39. The van der Waals surface area contributed by atoms with Crippen molar-refractivity contribution >= 4 is 0 Å². The average Bonchev–Trinajstić information content (AvgIpc) is 1.65. The number of nitrogens with two attached hydrogens (primary N) is 1. The zero-order valence-corrected chi connectivity index (χ0v) is 4.97. The van der Waals surface area contributed by atoms with Crippen LogP contribution in [-0.4, -0.2) is 17.8 Å². The molecule has 8 heavy (non-hydrogen) atoms. The number of nitrogens with zero attached hydrogens (tertiary/aromatic N) is 1. The van der Waals surface area contributed by atoms with Gasteiger partial charge in [-0.25, -0.2) is 0 Å². The fourth-order valence-electron chi connectivity index (χ4n) is 1.05. The molecule has 0 saturated carbocycles. The second-order valence-electron chi connectivity index (χ2n) is 2.46. The van der Waals surface area contributed by atoms with Crippen LogP contribution in [0.3, 0.4) is 0 Å². The van der Waals surface area contributed by atoms with E-state index < -0.39 is 4.76 Å². The van der Waals surface area contributed by atoms with E-state index >= 15 is 0 Å². The minimum atomic E-state index is -0.500. The van der Waals surface area contributed by atoms with Gasteiger partial charge >= 0.3 is 0 Å². The van der Waals surface area contributed by atoms with Crippen LogP contribution in [0.1, 0.15) is 19.3 Å². The van der Waals surface area contributed by atoms with Crippen LogP contribution in [0.4, 0.5) is 0 Å². The lowest BCUT2D eigenvalue weighted by molar-refractivity contribution is -0.897. The summed E-state index contributed by atoms with van der Waals surface area (Å²) < 4.78 is -0.500. The van der Waals surface area contributed by atoms with E-state index in [9.17, 15) is 5.21 Å². The Morgan fingerprint density at radius 1 is 1.12 bits per heavy atom. The van der Waals surface area contributed by atoms with Crippen LogP contribution in [0.15, 0.2) is 0 Å². The first-order valence-corrected chi connectivity index (χ1v) is 3.07. The molecule has 3 nitrogen and oxygen atoms in total. The van der Waals surface area contributed by atoms with Gasteiger partial charge in [-0.15, -0.1) is 0 Å². The highest BCUT2D eigenvalue weighted by Crippen LogP contribution is 2.10. The van der Waals surface area contributed by atoms with Crippen LogP contribution in [0.5, 0.6) is 0 Å². The number of hydrogen-bond donors (Lipinski definition) is 1. The molecule has 1 heterocycles. The van der Waals surface area contributed by atoms with Gasteiger partial charge in [-0.3, -0.25) is 4.76 Å². The van der Waals surface area contributed by atoms with Crippen molar-refractivity contribution in [2.75, 3.05) is 13.1 Å². The predicted molar refractivity (Wildman–Crippen MR) is 31.4 cm³/mol. The Morgan fingerprint density at radius 2 is 1.62 bits per heavy atom. The SMILES string of the molecule is N[N+]1([O-])CCCCC1. The van der Waals surface area contributed by atoms with Crippen molar-refractivity contribution in [1.82, 2.24) is 0 Å². The van der Waals surface area contributed by atoms with E-state index in [0.29, 0.717) is 13.1 Å². The van der Waals surface area contributed by atoms with Gasteiger partial charge in [0.1, 0.15) is 0 Å². The van der Waals surface area contributed by atoms with Gasteiger partial charge in [0.2, 0.25) is 0 Å². The maximum Gasteiger partial charge on any atom is 0.0958 e. The number of hydrogen-bond acceptors (Lipinski definition) is 2. The van der Waals surface area contributed by atoms with E-state index in [4.69, 9.17) is 5.84 Å². The number of quaternary nitrogens is 1. The van der Waals surface area contributed by atoms with Gasteiger partial charge < -0.3 is 5.21 Å². The first-order chi connectivity index (χ1) is 3.71. The predicted octanol–water partition coefficient (Wildman–Crippen LogP) is 0.359. The molecule has 0 spiro atoms. The van der Waals surface area contributed by atoms with Crippen molar-refractivity contribution in [2.45, 2.75) is 19.3 Å². The molecule has 0 bridgehead atoms. The summed E-state index contributed by atoms with van der Waals surface area (Å²) in [5, 5.41) is 10.8. The standard InChI is InChI=1S/C5H12N2O/c6-7(8)4-2-1-3-5-7/h1-6H2. The van der Waals surface area contributed by atoms with E-state index in [1.807, 2.05) is 0 Å². The summed E-state index contributed by atoms with van der Waals surface area (Å²) in [7, 11) is 0. The third-order valence-corrected chi connectivity index (χ3v) is 1.57. The van der Waals surface area contributed by atoms with Gasteiger partial charge in [0.25, 0.3) is 0 Å². The molecule has 1 rings (SSSR count). The molecule has 0 atom stereocenters. The molecule has 0 aliphatic carbocycles. The summed E-state index contributed by atoms with van der Waals surface area (Å²) in [5.74, 6) is 5.26. The minimum Gasteiger partial charge on any atom is -0.612 e. The Balaban J connectivity index is 2.33. The zero-order chi connectivity index (χ0) is 6.04. The van der Waals surface area contributed by atoms with Gasteiger partial charge in [0.05, 0.1) is 13.1 Å². The summed E-state index contributed by atoms with van der Waals surface area (Å²) in [6, 6.07) is 0. The molecule has 2 N–H and O–H groups in total. The van der Waals surface area contributed by atoms with Gasteiger partial charge in [0, 0.05) is 0 Å². The Hall–Kier alpha value is -0.120. The van der Waals surface area contributed by atoms with E-state index in [2.05, 4.69) is 0 Å². The highest BCUT2D eigenvalue weighted by molar-refractivity contribution is 4.49. The van der Waals surface area contributed by atoms with E-state index in [0.717, 1.165) is 12.8 Å². The first kappa shape index (κ1) is 6.01. The molecule has 48 valence electrons. The second kappa shape index (κ2) is 2.01. The largest absolute Gasteiger partial charge is 0.612 e. The molecule has 0 amide bonds. The number of rotatable bonds is 0. The fraction of sp³-hybridized carbons (Fsp3) is 1.00. The summed E-state index contributed by atoms with van der Waals surface area (Å²) in [4.78, 5) is 0.